The second kappa shape index (κ2) is 6.52. The average Bonchev–Trinajstić information content (AvgIpc) is 3.26. The molecule has 5 nitrogen and oxygen atoms in total. The third-order valence-electron chi connectivity index (χ3n) is 3.35. The number of benzene rings is 1. The van der Waals surface area contributed by atoms with Crippen LogP contribution in [0.4, 0.5) is 0 Å². The standard InChI is InChI=1S/C15H20N2O3/c1-10(20-9-11-7-8-11)15(19)17-13(14(16)18)12-5-3-2-4-6-12/h2-6,10-11,13H,7-9H2,1H3,(H2,16,18)(H,17,19)/t10-,13-/m0/s1. The van der Waals surface area contributed by atoms with Gasteiger partial charge in [-0.1, -0.05) is 30.3 Å². The van der Waals surface area contributed by atoms with Crippen molar-refractivity contribution in [2.75, 3.05) is 6.61 Å². The number of amides is 2. The molecule has 108 valence electrons. The van der Waals surface area contributed by atoms with Crippen LogP contribution in [0.2, 0.25) is 0 Å². The van der Waals surface area contributed by atoms with Crippen LogP contribution in [-0.4, -0.2) is 24.5 Å². The monoisotopic (exact) mass is 276 g/mol. The van der Waals surface area contributed by atoms with Crippen LogP contribution in [0.15, 0.2) is 30.3 Å². The Balaban J connectivity index is 1.93. The molecule has 5 heteroatoms. The van der Waals surface area contributed by atoms with Gasteiger partial charge in [-0.05, 0) is 31.2 Å². The predicted octanol–water partition coefficient (Wildman–Crippen LogP) is 1.14. The minimum Gasteiger partial charge on any atom is -0.368 e. The number of nitrogens with one attached hydrogen (secondary N) is 1. The van der Waals surface area contributed by atoms with E-state index in [0.29, 0.717) is 18.1 Å². The van der Waals surface area contributed by atoms with Crippen LogP contribution in [-0.2, 0) is 14.3 Å². The van der Waals surface area contributed by atoms with E-state index in [1.165, 1.54) is 12.8 Å². The molecule has 3 N–H and O–H groups in total. The highest BCUT2D eigenvalue weighted by atomic mass is 16.5. The molecule has 0 spiro atoms. The summed E-state index contributed by atoms with van der Waals surface area (Å²) in [7, 11) is 0. The maximum Gasteiger partial charge on any atom is 0.249 e. The van der Waals surface area contributed by atoms with Crippen molar-refractivity contribution in [3.05, 3.63) is 35.9 Å². The van der Waals surface area contributed by atoms with Gasteiger partial charge < -0.3 is 15.8 Å². The van der Waals surface area contributed by atoms with Crippen molar-refractivity contribution in [3.8, 4) is 0 Å². The molecule has 1 saturated carbocycles. The summed E-state index contributed by atoms with van der Waals surface area (Å²) in [5.41, 5.74) is 6.02. The fourth-order valence-electron chi connectivity index (χ4n) is 1.86. The Labute approximate surface area is 118 Å². The molecular formula is C15H20N2O3. The van der Waals surface area contributed by atoms with Gasteiger partial charge in [-0.25, -0.2) is 0 Å². The molecule has 2 rings (SSSR count). The van der Waals surface area contributed by atoms with Gasteiger partial charge in [0.15, 0.2) is 0 Å². The Morgan fingerprint density at radius 1 is 1.35 bits per heavy atom. The van der Waals surface area contributed by atoms with Gasteiger partial charge in [0, 0.05) is 0 Å². The highest BCUT2D eigenvalue weighted by Crippen LogP contribution is 2.29. The zero-order chi connectivity index (χ0) is 14.5. The second-order valence-electron chi connectivity index (χ2n) is 5.17. The molecule has 1 fully saturated rings. The maximum absolute atomic E-state index is 12.0. The molecular weight excluding hydrogens is 256 g/mol. The number of rotatable bonds is 7. The van der Waals surface area contributed by atoms with Crippen molar-refractivity contribution in [1.29, 1.82) is 0 Å². The molecule has 0 saturated heterocycles. The van der Waals surface area contributed by atoms with Gasteiger partial charge in [-0.3, -0.25) is 9.59 Å². The van der Waals surface area contributed by atoms with Crippen LogP contribution in [0.3, 0.4) is 0 Å². The largest absolute Gasteiger partial charge is 0.368 e. The molecule has 0 aromatic heterocycles. The molecule has 1 aliphatic rings. The quantitative estimate of drug-likeness (QED) is 0.783. The average molecular weight is 276 g/mol. The molecule has 1 aromatic rings. The number of hydrogen-bond acceptors (Lipinski definition) is 3. The molecule has 0 bridgehead atoms. The Bertz CT molecular complexity index is 471. The normalized spacial score (nSPS) is 17.2. The smallest absolute Gasteiger partial charge is 0.249 e. The van der Waals surface area contributed by atoms with Crippen molar-refractivity contribution in [2.45, 2.75) is 31.9 Å². The highest BCUT2D eigenvalue weighted by Gasteiger charge is 2.26. The first-order chi connectivity index (χ1) is 9.58. The van der Waals surface area contributed by atoms with Crippen molar-refractivity contribution in [2.24, 2.45) is 11.7 Å². The van der Waals surface area contributed by atoms with Crippen LogP contribution in [0, 0.1) is 5.92 Å². The van der Waals surface area contributed by atoms with E-state index in [2.05, 4.69) is 5.32 Å². The molecule has 2 amide bonds. The minimum atomic E-state index is -0.823. The lowest BCUT2D eigenvalue weighted by Crippen LogP contribution is -2.42. The lowest BCUT2D eigenvalue weighted by molar-refractivity contribution is -0.135. The van der Waals surface area contributed by atoms with E-state index in [0.717, 1.165) is 0 Å². The van der Waals surface area contributed by atoms with E-state index in [1.54, 1.807) is 31.2 Å². The summed E-state index contributed by atoms with van der Waals surface area (Å²) in [6.07, 6.45) is 1.76. The van der Waals surface area contributed by atoms with Crippen molar-refractivity contribution < 1.29 is 14.3 Å². The number of nitrogens with two attached hydrogens (primary N) is 1. The second-order valence-corrected chi connectivity index (χ2v) is 5.17. The first-order valence-electron chi connectivity index (χ1n) is 6.84. The van der Waals surface area contributed by atoms with Gasteiger partial charge in [-0.15, -0.1) is 0 Å². The van der Waals surface area contributed by atoms with Gasteiger partial charge in [0.2, 0.25) is 11.8 Å². The molecule has 0 heterocycles. The summed E-state index contributed by atoms with van der Waals surface area (Å²) >= 11 is 0. The van der Waals surface area contributed by atoms with E-state index in [-0.39, 0.29) is 5.91 Å². The molecule has 2 atom stereocenters. The fraction of sp³-hybridized carbons (Fsp3) is 0.467. The summed E-state index contributed by atoms with van der Waals surface area (Å²) in [6.45, 7) is 2.28. The number of hydrogen-bond donors (Lipinski definition) is 2. The molecule has 1 aromatic carbocycles. The third-order valence-corrected chi connectivity index (χ3v) is 3.35. The molecule has 0 unspecified atom stereocenters. The summed E-state index contributed by atoms with van der Waals surface area (Å²) < 4.78 is 5.48. The van der Waals surface area contributed by atoms with Crippen LogP contribution < -0.4 is 11.1 Å². The molecule has 0 aliphatic heterocycles. The van der Waals surface area contributed by atoms with Crippen molar-refractivity contribution in [3.63, 3.8) is 0 Å². The first-order valence-corrected chi connectivity index (χ1v) is 6.84. The first kappa shape index (κ1) is 14.5. The van der Waals surface area contributed by atoms with Crippen molar-refractivity contribution >= 4 is 11.8 Å². The zero-order valence-corrected chi connectivity index (χ0v) is 11.5. The van der Waals surface area contributed by atoms with E-state index in [9.17, 15) is 9.59 Å². The highest BCUT2D eigenvalue weighted by molar-refractivity contribution is 5.89. The van der Waals surface area contributed by atoms with Gasteiger partial charge in [0.25, 0.3) is 0 Å². The number of ether oxygens (including phenoxy) is 1. The summed E-state index contributed by atoms with van der Waals surface area (Å²) in [6, 6.07) is 8.12. The van der Waals surface area contributed by atoms with Gasteiger partial charge >= 0.3 is 0 Å². The Kier molecular flexibility index (Phi) is 4.74. The van der Waals surface area contributed by atoms with E-state index >= 15 is 0 Å². The fourth-order valence-corrected chi connectivity index (χ4v) is 1.86. The number of carbonyl (C=O) groups is 2. The van der Waals surface area contributed by atoms with Crippen LogP contribution in [0.5, 0.6) is 0 Å². The Morgan fingerprint density at radius 2 is 2.00 bits per heavy atom. The lowest BCUT2D eigenvalue weighted by atomic mass is 10.1. The maximum atomic E-state index is 12.0. The topological polar surface area (TPSA) is 81.4 Å². The number of primary amides is 1. The summed E-state index contributed by atoms with van der Waals surface area (Å²) in [5.74, 6) is -0.316. The Morgan fingerprint density at radius 3 is 2.55 bits per heavy atom. The van der Waals surface area contributed by atoms with E-state index in [4.69, 9.17) is 10.5 Å². The van der Waals surface area contributed by atoms with Crippen LogP contribution >= 0.6 is 0 Å². The van der Waals surface area contributed by atoms with Gasteiger partial charge in [0.1, 0.15) is 12.1 Å². The van der Waals surface area contributed by atoms with E-state index < -0.39 is 18.1 Å². The van der Waals surface area contributed by atoms with Crippen LogP contribution in [0.25, 0.3) is 0 Å². The molecule has 1 aliphatic carbocycles. The summed E-state index contributed by atoms with van der Waals surface area (Å²) in [5, 5.41) is 2.64. The molecule has 20 heavy (non-hydrogen) atoms. The zero-order valence-electron chi connectivity index (χ0n) is 11.5. The molecule has 0 radical (unpaired) electrons. The van der Waals surface area contributed by atoms with Gasteiger partial charge in [0.05, 0.1) is 6.61 Å². The van der Waals surface area contributed by atoms with Crippen LogP contribution in [0.1, 0.15) is 31.4 Å². The predicted molar refractivity (Wildman–Crippen MR) is 74.7 cm³/mol. The van der Waals surface area contributed by atoms with E-state index in [1.807, 2.05) is 6.07 Å². The lowest BCUT2D eigenvalue weighted by Gasteiger charge is -2.19. The number of carbonyl (C=O) groups excluding carboxylic acids is 2. The SMILES string of the molecule is C[C@H](OCC1CC1)C(=O)N[C@H](C(N)=O)c1ccccc1. The Hall–Kier alpha value is -1.88. The summed E-state index contributed by atoms with van der Waals surface area (Å²) in [4.78, 5) is 23.5. The van der Waals surface area contributed by atoms with Gasteiger partial charge in [-0.2, -0.15) is 0 Å². The minimum absolute atomic E-state index is 0.321. The van der Waals surface area contributed by atoms with Crippen molar-refractivity contribution in [1.82, 2.24) is 5.32 Å². The third kappa shape index (κ3) is 4.06.